The third-order valence-corrected chi connectivity index (χ3v) is 21.5. The lowest BCUT2D eigenvalue weighted by molar-refractivity contribution is -0.118. The van der Waals surface area contributed by atoms with E-state index in [1.54, 1.807) is 63.6 Å². The maximum Gasteiger partial charge on any atom is 0.263 e. The zero-order chi connectivity index (χ0) is 77.4. The number of aliphatic hydroxyl groups is 1. The fourth-order valence-corrected chi connectivity index (χ4v) is 16.3. The second-order valence-electron chi connectivity index (χ2n) is 27.0. The van der Waals surface area contributed by atoms with Crippen LogP contribution in [0.4, 0.5) is 11.6 Å². The molecule has 7 atom stereocenters. The second-order valence-corrected chi connectivity index (χ2v) is 28.6. The second kappa shape index (κ2) is 36.1. The lowest BCUT2D eigenvalue weighted by Gasteiger charge is -2.37. The third kappa shape index (κ3) is 17.7. The summed E-state index contributed by atoms with van der Waals surface area (Å²) < 4.78 is 73.9. The Morgan fingerprint density at radius 2 is 0.811 bits per heavy atom. The zero-order valence-electron chi connectivity index (χ0n) is 63.2. The number of hydrogen-bond donors (Lipinski definition) is 3. The summed E-state index contributed by atoms with van der Waals surface area (Å²) in [5.74, 6) is 3.80. The van der Waals surface area contributed by atoms with E-state index in [9.17, 15) is 14.7 Å². The fourth-order valence-electron chi connectivity index (χ4n) is 14.3. The summed E-state index contributed by atoms with van der Waals surface area (Å²) in [6.07, 6.45) is 3.15. The number of aromatic nitrogens is 8. The first-order chi connectivity index (χ1) is 54.1. The quantitative estimate of drug-likeness (QED) is 0.0269. The van der Waals surface area contributed by atoms with Crippen molar-refractivity contribution in [1.29, 1.82) is 0 Å². The number of aliphatic hydroxyl groups excluding tert-OH is 1. The molecule has 0 spiro atoms. The molecule has 26 heteroatoms. The van der Waals surface area contributed by atoms with Crippen LogP contribution >= 0.6 is 8.30 Å². The molecule has 4 aromatic heterocycles. The number of rotatable bonds is 31. The normalized spacial score (nSPS) is 17.3. The van der Waals surface area contributed by atoms with E-state index < -0.39 is 62.3 Å². The van der Waals surface area contributed by atoms with E-state index >= 15 is 0 Å². The van der Waals surface area contributed by atoms with Crippen LogP contribution in [0, 0.1) is 0 Å². The van der Waals surface area contributed by atoms with Gasteiger partial charge in [0.25, 0.3) is 11.8 Å². The van der Waals surface area contributed by atoms with Gasteiger partial charge in [0.1, 0.15) is 78.9 Å². The lowest BCUT2D eigenvalue weighted by atomic mass is 9.80. The van der Waals surface area contributed by atoms with Crippen molar-refractivity contribution < 1.29 is 66.6 Å². The third-order valence-electron chi connectivity index (χ3n) is 19.3. The van der Waals surface area contributed by atoms with Crippen molar-refractivity contribution in [2.24, 2.45) is 0 Å². The number of nitrogens with one attached hydrogen (secondary N) is 2. The van der Waals surface area contributed by atoms with Gasteiger partial charge in [0.05, 0.1) is 66.5 Å². The Labute approximate surface area is 645 Å². The molecule has 3 N–H and O–H groups in total. The van der Waals surface area contributed by atoms with Gasteiger partial charge in [-0.2, -0.15) is 0 Å². The largest absolute Gasteiger partial charge is 0.497 e. The maximum absolute atomic E-state index is 13.0. The summed E-state index contributed by atoms with van der Waals surface area (Å²) in [6, 6.07) is 70.5. The van der Waals surface area contributed by atoms with Gasteiger partial charge in [-0.1, -0.05) is 146 Å². The van der Waals surface area contributed by atoms with Gasteiger partial charge in [-0.3, -0.25) is 23.4 Å². The molecule has 0 saturated carbocycles. The first kappa shape index (κ1) is 77.9. The smallest absolute Gasteiger partial charge is 0.263 e. The van der Waals surface area contributed by atoms with Gasteiger partial charge in [0.15, 0.2) is 59.6 Å². The molecule has 2 amide bonds. The highest BCUT2D eigenvalue weighted by molar-refractivity contribution is 7.49. The zero-order valence-corrected chi connectivity index (χ0v) is 64.1. The van der Waals surface area contributed by atoms with Crippen LogP contribution in [0.2, 0.25) is 0 Å². The van der Waals surface area contributed by atoms with Crippen LogP contribution in [0.5, 0.6) is 34.5 Å². The summed E-state index contributed by atoms with van der Waals surface area (Å²) in [4.78, 5) is 52.5. The molecule has 12 aromatic rings. The average Bonchev–Trinajstić information content (AvgIpc) is 1.64. The Morgan fingerprint density at radius 3 is 1.18 bits per heavy atom. The molecule has 2 aliphatic heterocycles. The number of imidazole rings is 2. The van der Waals surface area contributed by atoms with Gasteiger partial charge in [0.2, 0.25) is 0 Å². The number of fused-ring (bicyclic) bond motifs is 2. The van der Waals surface area contributed by atoms with Crippen LogP contribution in [0.3, 0.4) is 0 Å². The number of carbonyl (C=O) groups excluding carboxylic acids is 2. The SMILES string of the molecule is COc1ccc(C(OC[C@@H]2C[C@@H](O)[C@H](n3cnc4c(NC(=O)COc5ccccc5)ncnc43)O2)(c2ccccc2)c2ccc(OC)cc2)cc1.COc1ccc(C(OC[C@@H]2C[C@@H](OP(C)N(C(C)C)C(C)C)[C@H](n3cnc4c(NC(=O)COc5ccccc5)ncnc43)O2)(c2ccccc2)c2ccc(OC)cc2)cc1. The molecule has 2 aliphatic rings. The van der Waals surface area contributed by atoms with Crippen molar-refractivity contribution >= 4 is 54.1 Å². The van der Waals surface area contributed by atoms with Crippen molar-refractivity contribution in [3.05, 3.63) is 277 Å². The number of para-hydroxylation sites is 2. The molecule has 25 nitrogen and oxygen atoms in total. The Morgan fingerprint density at radius 1 is 0.468 bits per heavy atom. The number of amides is 2. The van der Waals surface area contributed by atoms with Crippen LogP contribution in [0.1, 0.15) is 86.4 Å². The monoisotopic (exact) mass is 1520 g/mol. The van der Waals surface area contributed by atoms with Crippen LogP contribution < -0.4 is 39.1 Å². The predicted octanol–water partition coefficient (Wildman–Crippen LogP) is 14.1. The molecule has 2 saturated heterocycles. The minimum Gasteiger partial charge on any atom is -0.497 e. The van der Waals surface area contributed by atoms with E-state index in [2.05, 4.69) is 91.7 Å². The summed E-state index contributed by atoms with van der Waals surface area (Å²) in [7, 11) is 5.54. The van der Waals surface area contributed by atoms with Gasteiger partial charge in [-0.25, -0.2) is 29.9 Å². The molecule has 8 aromatic carbocycles. The highest BCUT2D eigenvalue weighted by Gasteiger charge is 2.46. The van der Waals surface area contributed by atoms with E-state index in [4.69, 9.17) is 51.9 Å². The maximum atomic E-state index is 13.0. The Bertz CT molecular complexity index is 4880. The van der Waals surface area contributed by atoms with E-state index in [1.807, 2.05) is 187 Å². The minimum atomic E-state index is -1.04. The van der Waals surface area contributed by atoms with Gasteiger partial charge in [-0.05, 0) is 141 Å². The topological polar surface area (TPSA) is 270 Å². The molecule has 111 heavy (non-hydrogen) atoms. The van der Waals surface area contributed by atoms with Crippen molar-refractivity contribution in [2.45, 2.75) is 101 Å². The molecule has 6 heterocycles. The molecular weight excluding hydrogens is 1430 g/mol. The first-order valence-electron chi connectivity index (χ1n) is 36.5. The van der Waals surface area contributed by atoms with Crippen LogP contribution in [0.25, 0.3) is 22.3 Å². The van der Waals surface area contributed by atoms with Crippen LogP contribution in [-0.4, -0.2) is 159 Å². The molecular formula is C85H90N11O14P. The average molecular weight is 1520 g/mol. The summed E-state index contributed by atoms with van der Waals surface area (Å²) in [5.41, 5.74) is 5.05. The predicted molar refractivity (Wildman–Crippen MR) is 421 cm³/mol. The molecule has 14 rings (SSSR count). The fraction of sp³-hybridized carbons (Fsp3) is 0.294. The molecule has 0 bridgehead atoms. The van der Waals surface area contributed by atoms with E-state index in [0.717, 1.165) is 56.4 Å². The van der Waals surface area contributed by atoms with Gasteiger partial charge < -0.3 is 67.6 Å². The Balaban J connectivity index is 0.000000197. The summed E-state index contributed by atoms with van der Waals surface area (Å²) >= 11 is 0. The number of ether oxygens (including phenoxy) is 10. The standard InChI is InChI=1S/C46H53N6O7P.C39H37N5O7/c1-31(2)52(32(3)4)60(7)59-40-26-39(58-45(40)51-30-49-42-43(47-29-48-44(42)51)50-41(53)28-56-38-16-12-9-13-17-38)27-57-46(33-14-10-8-11-15-33,34-18-22-36(54-5)23-19-34)35-20-24-37(55-6)25-21-35;1-47-29-17-13-27(14-18-29)39(26-9-5-3-6-10-26,28-15-19-30(48-2)20-16-28)50-22-32-21-33(45)38(51-32)44-25-42-35-36(40-24-41-37(35)44)43-34(46)23-49-31-11-7-4-8-12-31/h8-25,29-32,39-40,45H,26-28H2,1-7H3,(H,47,48,50,53);3-20,24-25,32-33,38,45H,21-23H2,1-2H3,(H,40,41,43,46)/t39-,40+,45+,60?;32-,33+,38+/m00/s1. The highest BCUT2D eigenvalue weighted by Crippen LogP contribution is 2.50. The highest BCUT2D eigenvalue weighted by atomic mass is 31.2. The molecule has 2 fully saturated rings. The van der Waals surface area contributed by atoms with Crippen molar-refractivity contribution in [1.82, 2.24) is 43.7 Å². The van der Waals surface area contributed by atoms with Crippen molar-refractivity contribution in [3.63, 3.8) is 0 Å². The van der Waals surface area contributed by atoms with Crippen molar-refractivity contribution in [2.75, 3.05) is 72.2 Å². The minimum absolute atomic E-state index is 0.144. The van der Waals surface area contributed by atoms with Gasteiger partial charge in [0, 0.05) is 24.9 Å². The molecule has 0 radical (unpaired) electrons. The molecule has 0 aliphatic carbocycles. The van der Waals surface area contributed by atoms with Gasteiger partial charge >= 0.3 is 0 Å². The Kier molecular flexibility index (Phi) is 25.3. The van der Waals surface area contributed by atoms with Crippen LogP contribution in [-0.2, 0) is 44.3 Å². The van der Waals surface area contributed by atoms with Crippen LogP contribution in [0.15, 0.2) is 244 Å². The van der Waals surface area contributed by atoms with Crippen molar-refractivity contribution in [3.8, 4) is 34.5 Å². The van der Waals surface area contributed by atoms with Gasteiger partial charge in [-0.15, -0.1) is 0 Å². The number of methoxy groups -OCH3 is 4. The summed E-state index contributed by atoms with van der Waals surface area (Å²) in [6.45, 7) is 10.8. The summed E-state index contributed by atoms with van der Waals surface area (Å²) in [5, 5.41) is 16.9. The number of anilines is 2. The first-order valence-corrected chi connectivity index (χ1v) is 38.2. The Hall–Kier alpha value is -11.3. The number of nitrogens with zero attached hydrogens (tertiary/aromatic N) is 9. The molecule has 574 valence electrons. The number of carbonyl (C=O) groups is 2. The van der Waals surface area contributed by atoms with E-state index in [1.165, 1.54) is 19.0 Å². The lowest BCUT2D eigenvalue weighted by Crippen LogP contribution is -2.36. The van der Waals surface area contributed by atoms with E-state index in [-0.39, 0.29) is 56.1 Å². The number of hydrogen-bond acceptors (Lipinski definition) is 21. The number of benzene rings is 8. The molecule has 1 unspecified atom stereocenters. The van der Waals surface area contributed by atoms with E-state index in [0.29, 0.717) is 46.7 Å².